The molecule has 1 amide bonds. The fraction of sp³-hybridized carbons (Fsp3) is 0.550. The Hall–Kier alpha value is -2.37. The predicted octanol–water partition coefficient (Wildman–Crippen LogP) is 2.98. The third kappa shape index (κ3) is 4.42. The summed E-state index contributed by atoms with van der Waals surface area (Å²) in [5.41, 5.74) is -0.140. The zero-order valence-corrected chi connectivity index (χ0v) is 15.6. The van der Waals surface area contributed by atoms with Gasteiger partial charge in [0, 0.05) is 11.1 Å². The van der Waals surface area contributed by atoms with Gasteiger partial charge >= 0.3 is 5.97 Å². The molecule has 6 heteroatoms. The number of ketones is 1. The number of carboxylic acid groups (broad SMARTS) is 1. The van der Waals surface area contributed by atoms with Crippen LogP contribution in [0, 0.1) is 5.92 Å². The first-order valence-corrected chi connectivity index (χ1v) is 9.03. The van der Waals surface area contributed by atoms with E-state index in [1.807, 2.05) is 0 Å². The molecule has 0 aromatic heterocycles. The van der Waals surface area contributed by atoms with Crippen LogP contribution in [-0.4, -0.2) is 35.4 Å². The van der Waals surface area contributed by atoms with Crippen molar-refractivity contribution in [2.24, 2.45) is 5.92 Å². The van der Waals surface area contributed by atoms with E-state index in [1.165, 1.54) is 14.0 Å². The van der Waals surface area contributed by atoms with Gasteiger partial charge in [0.05, 0.1) is 13.5 Å². The van der Waals surface area contributed by atoms with Gasteiger partial charge in [-0.25, -0.2) is 4.79 Å². The van der Waals surface area contributed by atoms with E-state index in [4.69, 9.17) is 4.74 Å². The number of Topliss-reactive ketones (excluding diaryl/α,β-unsaturated/α-hetero) is 1. The lowest BCUT2D eigenvalue weighted by Crippen LogP contribution is -2.56. The second-order valence-corrected chi connectivity index (χ2v) is 7.05. The van der Waals surface area contributed by atoms with Gasteiger partial charge in [0.15, 0.2) is 5.78 Å². The Kier molecular flexibility index (Phi) is 6.40. The minimum atomic E-state index is -1.20. The van der Waals surface area contributed by atoms with Crippen molar-refractivity contribution in [2.45, 2.75) is 57.9 Å². The molecular weight excluding hydrogens is 334 g/mol. The second-order valence-electron chi connectivity index (χ2n) is 7.05. The fourth-order valence-electron chi connectivity index (χ4n) is 3.59. The molecule has 1 aliphatic rings. The first-order valence-electron chi connectivity index (χ1n) is 9.03. The zero-order chi connectivity index (χ0) is 19.3. The molecule has 6 nitrogen and oxygen atoms in total. The molecule has 0 aliphatic heterocycles. The topological polar surface area (TPSA) is 92.7 Å². The zero-order valence-electron chi connectivity index (χ0n) is 15.6. The average molecular weight is 361 g/mol. The van der Waals surface area contributed by atoms with Gasteiger partial charge < -0.3 is 15.2 Å². The van der Waals surface area contributed by atoms with Crippen molar-refractivity contribution < 1.29 is 24.2 Å². The molecule has 1 aromatic carbocycles. The molecule has 1 aliphatic carbocycles. The summed E-state index contributed by atoms with van der Waals surface area (Å²) >= 11 is 0. The minimum Gasteiger partial charge on any atom is -0.496 e. The molecule has 0 bridgehead atoms. The largest absolute Gasteiger partial charge is 0.496 e. The lowest BCUT2D eigenvalue weighted by atomic mass is 9.75. The van der Waals surface area contributed by atoms with Crippen LogP contribution in [0.15, 0.2) is 18.2 Å². The predicted molar refractivity (Wildman–Crippen MR) is 97.5 cm³/mol. The van der Waals surface area contributed by atoms with Gasteiger partial charge in [-0.3, -0.25) is 9.59 Å². The molecule has 142 valence electrons. The molecule has 0 atom stereocenters. The Bertz CT molecular complexity index is 689. The fourth-order valence-corrected chi connectivity index (χ4v) is 3.59. The maximum absolute atomic E-state index is 12.6. The summed E-state index contributed by atoms with van der Waals surface area (Å²) in [4.78, 5) is 36.0. The number of benzene rings is 1. The van der Waals surface area contributed by atoms with Crippen molar-refractivity contribution in [3.8, 4) is 5.75 Å². The summed E-state index contributed by atoms with van der Waals surface area (Å²) in [5.74, 6) is -0.434. The molecular formula is C20H27NO5. The van der Waals surface area contributed by atoms with Gasteiger partial charge in [-0.1, -0.05) is 13.3 Å². The smallest absolute Gasteiger partial charge is 0.329 e. The van der Waals surface area contributed by atoms with E-state index in [2.05, 4.69) is 12.2 Å². The Labute approximate surface area is 153 Å². The Morgan fingerprint density at radius 3 is 2.42 bits per heavy atom. The molecule has 0 spiro atoms. The lowest BCUT2D eigenvalue weighted by Gasteiger charge is -2.37. The number of carboxylic acids is 1. The maximum Gasteiger partial charge on any atom is 0.329 e. The Morgan fingerprint density at radius 2 is 1.92 bits per heavy atom. The average Bonchev–Trinajstić information content (AvgIpc) is 2.61. The third-order valence-corrected chi connectivity index (χ3v) is 5.36. The summed E-state index contributed by atoms with van der Waals surface area (Å²) in [7, 11) is 1.49. The highest BCUT2D eigenvalue weighted by atomic mass is 16.5. The molecule has 0 saturated heterocycles. The van der Waals surface area contributed by atoms with E-state index in [0.29, 0.717) is 35.6 Å². The van der Waals surface area contributed by atoms with Crippen LogP contribution in [0.4, 0.5) is 0 Å². The summed E-state index contributed by atoms with van der Waals surface area (Å²) in [6.07, 6.45) is 3.47. The molecule has 2 rings (SSSR count). The number of carbonyl (C=O) groups is 3. The van der Waals surface area contributed by atoms with E-state index in [-0.39, 0.29) is 18.1 Å². The van der Waals surface area contributed by atoms with Crippen LogP contribution in [0.2, 0.25) is 0 Å². The summed E-state index contributed by atoms with van der Waals surface area (Å²) in [5, 5.41) is 12.4. The lowest BCUT2D eigenvalue weighted by molar-refractivity contribution is -0.149. The number of amides is 1. The van der Waals surface area contributed by atoms with E-state index in [0.717, 1.165) is 19.3 Å². The number of methoxy groups -OCH3 is 1. The first-order chi connectivity index (χ1) is 12.3. The van der Waals surface area contributed by atoms with E-state index < -0.39 is 11.5 Å². The number of hydrogen-bond donors (Lipinski definition) is 2. The molecule has 0 radical (unpaired) electrons. The monoisotopic (exact) mass is 361 g/mol. The summed E-state index contributed by atoms with van der Waals surface area (Å²) in [6, 6.07) is 4.92. The van der Waals surface area contributed by atoms with Crippen molar-refractivity contribution in [1.82, 2.24) is 5.32 Å². The number of rotatable bonds is 7. The van der Waals surface area contributed by atoms with Crippen LogP contribution in [0.5, 0.6) is 5.75 Å². The van der Waals surface area contributed by atoms with Crippen LogP contribution in [0.3, 0.4) is 0 Å². The van der Waals surface area contributed by atoms with Gasteiger partial charge in [0.25, 0.3) is 0 Å². The van der Waals surface area contributed by atoms with Crippen molar-refractivity contribution in [3.63, 3.8) is 0 Å². The van der Waals surface area contributed by atoms with Gasteiger partial charge in [0.1, 0.15) is 11.3 Å². The standard InChI is InChI=1S/C20H27NO5/c1-4-14-7-9-20(10-8-14,19(24)25)21-18(23)12-16-11-15(13(2)22)5-6-17(16)26-3/h5-6,11,14H,4,7-10,12H2,1-3H3,(H,21,23)(H,24,25). The SMILES string of the molecule is CCC1CCC(NC(=O)Cc2cc(C(C)=O)ccc2OC)(C(=O)O)CC1. The van der Waals surface area contributed by atoms with Gasteiger partial charge in [-0.15, -0.1) is 0 Å². The van der Waals surface area contributed by atoms with Crippen LogP contribution < -0.4 is 10.1 Å². The second kappa shape index (κ2) is 8.34. The Morgan fingerprint density at radius 1 is 1.27 bits per heavy atom. The van der Waals surface area contributed by atoms with Crippen molar-refractivity contribution in [3.05, 3.63) is 29.3 Å². The maximum atomic E-state index is 12.6. The number of aliphatic carboxylic acids is 1. The quantitative estimate of drug-likeness (QED) is 0.728. The molecule has 1 aromatic rings. The number of ether oxygens (including phenoxy) is 1. The number of carbonyl (C=O) groups excluding carboxylic acids is 2. The van der Waals surface area contributed by atoms with E-state index in [1.54, 1.807) is 18.2 Å². The summed E-state index contributed by atoms with van der Waals surface area (Å²) in [6.45, 7) is 3.56. The van der Waals surface area contributed by atoms with E-state index >= 15 is 0 Å². The van der Waals surface area contributed by atoms with E-state index in [9.17, 15) is 19.5 Å². The van der Waals surface area contributed by atoms with Crippen LogP contribution in [0.1, 0.15) is 61.9 Å². The molecule has 2 N–H and O–H groups in total. The molecule has 1 saturated carbocycles. The minimum absolute atomic E-state index is 0.0312. The van der Waals surface area contributed by atoms with Gasteiger partial charge in [0.2, 0.25) is 5.91 Å². The van der Waals surface area contributed by atoms with Crippen LogP contribution in [-0.2, 0) is 16.0 Å². The Balaban J connectivity index is 2.15. The van der Waals surface area contributed by atoms with Crippen molar-refractivity contribution in [2.75, 3.05) is 7.11 Å². The molecule has 0 heterocycles. The highest BCUT2D eigenvalue weighted by Gasteiger charge is 2.42. The van der Waals surface area contributed by atoms with Gasteiger partial charge in [-0.05, 0) is 56.7 Å². The highest BCUT2D eigenvalue weighted by molar-refractivity contribution is 5.95. The normalized spacial score (nSPS) is 22.5. The first kappa shape index (κ1) is 19.9. The molecule has 26 heavy (non-hydrogen) atoms. The summed E-state index contributed by atoms with van der Waals surface area (Å²) < 4.78 is 5.26. The molecule has 0 unspecified atom stereocenters. The molecule has 1 fully saturated rings. The van der Waals surface area contributed by atoms with Crippen molar-refractivity contribution in [1.29, 1.82) is 0 Å². The number of hydrogen-bond acceptors (Lipinski definition) is 4. The van der Waals surface area contributed by atoms with Crippen LogP contribution in [0.25, 0.3) is 0 Å². The highest BCUT2D eigenvalue weighted by Crippen LogP contribution is 2.34. The van der Waals surface area contributed by atoms with Crippen molar-refractivity contribution >= 4 is 17.7 Å². The number of nitrogens with one attached hydrogen (secondary N) is 1. The van der Waals surface area contributed by atoms with Crippen LogP contribution >= 0.6 is 0 Å². The third-order valence-electron chi connectivity index (χ3n) is 5.36. The van der Waals surface area contributed by atoms with Gasteiger partial charge in [-0.2, -0.15) is 0 Å².